The Morgan fingerprint density at radius 2 is 1.68 bits per heavy atom. The minimum absolute atomic E-state index is 0.537. The molecular formula is C26H26N4O. The van der Waals surface area contributed by atoms with E-state index in [4.69, 9.17) is 0 Å². The Morgan fingerprint density at radius 3 is 2.32 bits per heavy atom. The average Bonchev–Trinajstić information content (AvgIpc) is 2.80. The molecule has 0 saturated heterocycles. The number of anilines is 3. The molecule has 0 bridgehead atoms. The largest absolute Gasteiger partial charge is 0.388 e. The number of rotatable bonds is 6. The van der Waals surface area contributed by atoms with Crippen LogP contribution in [0.5, 0.6) is 0 Å². The van der Waals surface area contributed by atoms with Crippen LogP contribution < -0.4 is 26.3 Å². The van der Waals surface area contributed by atoms with Crippen molar-refractivity contribution in [3.8, 4) is 0 Å². The maximum Gasteiger partial charge on any atom is 0.120 e. The number of hydrogen-bond acceptors (Lipinski definition) is 5. The number of carbonyl (C=O) groups excluding carboxylic acids is 1. The van der Waals surface area contributed by atoms with Gasteiger partial charge in [-0.25, -0.2) is 9.97 Å². The van der Waals surface area contributed by atoms with Gasteiger partial charge in [0.2, 0.25) is 0 Å². The molecule has 0 atom stereocenters. The van der Waals surface area contributed by atoms with Crippen molar-refractivity contribution >= 4 is 63.9 Å². The molecule has 1 aromatic heterocycles. The Bertz CT molecular complexity index is 1440. The summed E-state index contributed by atoms with van der Waals surface area (Å²) in [6.45, 7) is 8.45. The van der Waals surface area contributed by atoms with Crippen molar-refractivity contribution in [3.63, 3.8) is 0 Å². The van der Waals surface area contributed by atoms with Gasteiger partial charge < -0.3 is 15.4 Å². The third kappa shape index (κ3) is 3.52. The Morgan fingerprint density at radius 1 is 0.968 bits per heavy atom. The highest BCUT2D eigenvalue weighted by molar-refractivity contribution is 6.16. The van der Waals surface area contributed by atoms with Gasteiger partial charge in [-0.15, -0.1) is 0 Å². The molecule has 0 aliphatic carbocycles. The molecular weight excluding hydrogens is 384 g/mol. The van der Waals surface area contributed by atoms with Gasteiger partial charge in [0.15, 0.2) is 0 Å². The van der Waals surface area contributed by atoms with E-state index >= 15 is 0 Å². The molecule has 0 spiro atoms. The summed E-state index contributed by atoms with van der Waals surface area (Å²) in [6.07, 6.45) is 8.04. The van der Waals surface area contributed by atoms with Gasteiger partial charge in [-0.2, -0.15) is 0 Å². The van der Waals surface area contributed by atoms with Crippen LogP contribution in [0.2, 0.25) is 0 Å². The number of nitrogens with zero attached hydrogens (tertiary/aromatic N) is 2. The third-order valence-electron chi connectivity index (χ3n) is 5.71. The van der Waals surface area contributed by atoms with Crippen molar-refractivity contribution in [1.29, 1.82) is 0 Å². The van der Waals surface area contributed by atoms with Crippen molar-refractivity contribution in [2.24, 2.45) is 0 Å². The Hall–Kier alpha value is -3.73. The first-order valence-corrected chi connectivity index (χ1v) is 10.4. The minimum Gasteiger partial charge on any atom is -0.388 e. The van der Waals surface area contributed by atoms with Crippen molar-refractivity contribution in [2.45, 2.75) is 26.7 Å². The molecule has 4 aromatic rings. The van der Waals surface area contributed by atoms with Crippen LogP contribution in [0.15, 0.2) is 36.7 Å². The molecule has 0 fully saturated rings. The fourth-order valence-corrected chi connectivity index (χ4v) is 4.24. The maximum atomic E-state index is 10.6. The number of aldehydes is 1. The van der Waals surface area contributed by atoms with E-state index < -0.39 is 0 Å². The van der Waals surface area contributed by atoms with Crippen molar-refractivity contribution in [1.82, 2.24) is 9.97 Å². The second-order valence-electron chi connectivity index (χ2n) is 7.45. The maximum absolute atomic E-state index is 10.6. The van der Waals surface area contributed by atoms with E-state index in [-0.39, 0.29) is 0 Å². The number of nitrogens with one attached hydrogen (secondary N) is 2. The van der Waals surface area contributed by atoms with Gasteiger partial charge in [0.05, 0.1) is 16.7 Å². The first-order chi connectivity index (χ1) is 15.1. The smallest absolute Gasteiger partial charge is 0.120 e. The molecule has 0 radical (unpaired) electrons. The molecule has 31 heavy (non-hydrogen) atoms. The summed E-state index contributed by atoms with van der Waals surface area (Å²) in [6, 6.07) is 10.2. The summed E-state index contributed by atoms with van der Waals surface area (Å²) in [7, 11) is 1.92. The molecule has 3 aromatic carbocycles. The van der Waals surface area contributed by atoms with Crippen molar-refractivity contribution in [3.05, 3.63) is 57.9 Å². The first kappa shape index (κ1) is 20.5. The van der Waals surface area contributed by atoms with Crippen LogP contribution in [-0.4, -0.2) is 23.3 Å². The fourth-order valence-electron chi connectivity index (χ4n) is 4.24. The van der Waals surface area contributed by atoms with Gasteiger partial charge in [0, 0.05) is 40.8 Å². The summed E-state index contributed by atoms with van der Waals surface area (Å²) in [5.41, 5.74) is 5.77. The van der Waals surface area contributed by atoms with Crippen molar-refractivity contribution in [2.75, 3.05) is 17.7 Å². The highest BCUT2D eigenvalue weighted by atomic mass is 16.1. The van der Waals surface area contributed by atoms with Crippen LogP contribution in [0.1, 0.15) is 25.8 Å². The zero-order valence-electron chi connectivity index (χ0n) is 18.1. The Balaban J connectivity index is 1.96. The van der Waals surface area contributed by atoms with Crippen LogP contribution in [0, 0.1) is 0 Å². The molecule has 5 nitrogen and oxygen atoms in total. The summed E-state index contributed by atoms with van der Waals surface area (Å²) in [5.74, 6) is 0. The van der Waals surface area contributed by atoms with Crippen LogP contribution in [0.25, 0.3) is 40.5 Å². The number of hydrogen-bond donors (Lipinski definition) is 2. The van der Waals surface area contributed by atoms with Crippen LogP contribution in [0.3, 0.4) is 0 Å². The molecule has 156 valence electrons. The highest BCUT2D eigenvalue weighted by Gasteiger charge is 2.16. The molecule has 4 rings (SSSR count). The zero-order valence-corrected chi connectivity index (χ0v) is 18.1. The number of aromatic nitrogens is 2. The average molecular weight is 411 g/mol. The predicted octanol–water partition coefficient (Wildman–Crippen LogP) is 3.43. The SMILES string of the molecule is C=c1c(=C/C)/c(=C\C)c2ncnc3c(Nc4ccc(CCC=O)cc4)cc(NC)c1c32. The van der Waals surface area contributed by atoms with Gasteiger partial charge in [-0.3, -0.25) is 0 Å². The Labute approximate surface area is 181 Å². The number of benzene rings is 3. The zero-order chi connectivity index (χ0) is 22.0. The number of aryl methyl sites for hydroxylation is 1. The van der Waals surface area contributed by atoms with E-state index in [1.165, 1.54) is 0 Å². The van der Waals surface area contributed by atoms with Crippen LogP contribution in [-0.2, 0) is 11.2 Å². The van der Waals surface area contributed by atoms with E-state index in [0.717, 1.165) is 72.8 Å². The second kappa shape index (κ2) is 8.56. The van der Waals surface area contributed by atoms with Gasteiger partial charge in [0.25, 0.3) is 0 Å². The molecule has 0 saturated carbocycles. The van der Waals surface area contributed by atoms with Gasteiger partial charge in [0.1, 0.15) is 12.6 Å². The molecule has 2 N–H and O–H groups in total. The standard InChI is InChI=1S/C26H26N4O/c1-5-19-16(3)23-21(27-4)14-22(26-24(23)25(20(19)6-2)28-15-29-26)30-18-11-9-17(10-12-18)8-7-13-31/h5-6,9-15,27,30H,3,7-8H2,1-2,4H3/b19-5-,20-6+. The van der Waals surface area contributed by atoms with Gasteiger partial charge >= 0.3 is 0 Å². The lowest BCUT2D eigenvalue weighted by Gasteiger charge is -2.16. The van der Waals surface area contributed by atoms with E-state index in [2.05, 4.69) is 45.4 Å². The molecule has 0 aliphatic heterocycles. The van der Waals surface area contributed by atoms with Crippen LogP contribution in [0.4, 0.5) is 17.1 Å². The lowest BCUT2D eigenvalue weighted by atomic mass is 9.98. The first-order valence-electron chi connectivity index (χ1n) is 10.4. The van der Waals surface area contributed by atoms with Gasteiger partial charge in [-0.05, 0) is 54.5 Å². The normalized spacial score (nSPS) is 12.6. The van der Waals surface area contributed by atoms with E-state index in [1.54, 1.807) is 6.33 Å². The number of carbonyl (C=O) groups is 1. The summed E-state index contributed by atoms with van der Waals surface area (Å²) >= 11 is 0. The summed E-state index contributed by atoms with van der Waals surface area (Å²) in [5, 5.41) is 12.0. The molecule has 0 unspecified atom stereocenters. The lowest BCUT2D eigenvalue weighted by Crippen LogP contribution is -2.39. The summed E-state index contributed by atoms with van der Waals surface area (Å²) < 4.78 is 0. The quantitative estimate of drug-likeness (QED) is 0.477. The van der Waals surface area contributed by atoms with E-state index in [9.17, 15) is 4.79 Å². The highest BCUT2D eigenvalue weighted by Crippen LogP contribution is 2.33. The fraction of sp³-hybridized carbons (Fsp3) is 0.192. The molecule has 5 heteroatoms. The predicted molar refractivity (Wildman–Crippen MR) is 131 cm³/mol. The van der Waals surface area contributed by atoms with E-state index in [1.807, 2.05) is 45.2 Å². The van der Waals surface area contributed by atoms with Crippen molar-refractivity contribution < 1.29 is 4.79 Å². The topological polar surface area (TPSA) is 66.9 Å². The monoisotopic (exact) mass is 410 g/mol. The lowest BCUT2D eigenvalue weighted by molar-refractivity contribution is -0.107. The Kier molecular flexibility index (Phi) is 5.67. The molecule has 0 aliphatic rings. The van der Waals surface area contributed by atoms with E-state index in [0.29, 0.717) is 6.42 Å². The summed E-state index contributed by atoms with van der Waals surface area (Å²) in [4.78, 5) is 19.9. The molecule has 0 amide bonds. The van der Waals surface area contributed by atoms with Gasteiger partial charge in [-0.1, -0.05) is 30.9 Å². The second-order valence-corrected chi connectivity index (χ2v) is 7.45. The molecule has 1 heterocycles. The van der Waals surface area contributed by atoms with Crippen LogP contribution >= 0.6 is 0 Å². The minimum atomic E-state index is 0.537. The third-order valence-corrected chi connectivity index (χ3v) is 5.71.